The summed E-state index contributed by atoms with van der Waals surface area (Å²) in [7, 11) is 1.68. The Labute approximate surface area is 126 Å². The van der Waals surface area contributed by atoms with E-state index in [2.05, 4.69) is 22.3 Å². The molecule has 1 N–H and O–H groups in total. The van der Waals surface area contributed by atoms with Crippen molar-refractivity contribution < 1.29 is 9.53 Å². The lowest BCUT2D eigenvalue weighted by Crippen LogP contribution is -2.48. The average molecular weight is 288 g/mol. The van der Waals surface area contributed by atoms with E-state index < -0.39 is 0 Å². The Balaban J connectivity index is 1.76. The highest BCUT2D eigenvalue weighted by atomic mass is 16.5. The molecule has 3 rings (SSSR count). The number of methoxy groups -OCH3 is 1. The first kappa shape index (κ1) is 14.4. The van der Waals surface area contributed by atoms with Gasteiger partial charge in [0.2, 0.25) is 5.91 Å². The summed E-state index contributed by atoms with van der Waals surface area (Å²) < 4.78 is 5.31. The molecule has 0 aliphatic carbocycles. The second-order valence-corrected chi connectivity index (χ2v) is 5.97. The summed E-state index contributed by atoms with van der Waals surface area (Å²) in [6.45, 7) is 1.84. The van der Waals surface area contributed by atoms with Crippen LogP contribution in [0.25, 0.3) is 0 Å². The first-order chi connectivity index (χ1) is 10.3. The minimum atomic E-state index is 0.0185. The molecule has 2 saturated heterocycles. The summed E-state index contributed by atoms with van der Waals surface area (Å²) in [6.07, 6.45) is 5.44. The third-order valence-corrected chi connectivity index (χ3v) is 4.62. The van der Waals surface area contributed by atoms with Gasteiger partial charge in [-0.25, -0.2) is 0 Å². The van der Waals surface area contributed by atoms with Crippen LogP contribution in [-0.4, -0.2) is 37.0 Å². The topological polar surface area (TPSA) is 41.6 Å². The van der Waals surface area contributed by atoms with Crippen LogP contribution in [0.15, 0.2) is 24.3 Å². The lowest BCUT2D eigenvalue weighted by atomic mass is 10.0. The molecule has 2 heterocycles. The van der Waals surface area contributed by atoms with E-state index in [9.17, 15) is 4.79 Å². The summed E-state index contributed by atoms with van der Waals surface area (Å²) in [5.74, 6) is 1.14. The summed E-state index contributed by atoms with van der Waals surface area (Å²) >= 11 is 0. The lowest BCUT2D eigenvalue weighted by molar-refractivity contribution is -0.135. The van der Waals surface area contributed by atoms with Crippen molar-refractivity contribution in [1.82, 2.24) is 10.2 Å². The maximum absolute atomic E-state index is 12.8. The number of ether oxygens (including phenoxy) is 1. The number of piperidine rings is 1. The molecule has 0 spiro atoms. The van der Waals surface area contributed by atoms with Gasteiger partial charge in [0, 0.05) is 6.54 Å². The highest BCUT2D eigenvalue weighted by Gasteiger charge is 2.34. The highest BCUT2D eigenvalue weighted by Crippen LogP contribution is 2.34. The number of nitrogens with zero attached hydrogens (tertiary/aromatic N) is 1. The van der Waals surface area contributed by atoms with Crippen LogP contribution in [0.4, 0.5) is 0 Å². The van der Waals surface area contributed by atoms with Crippen molar-refractivity contribution in [2.45, 2.75) is 44.2 Å². The molecule has 2 aliphatic rings. The quantitative estimate of drug-likeness (QED) is 0.929. The number of likely N-dealkylation sites (tertiary alicyclic amines) is 1. The van der Waals surface area contributed by atoms with Crippen LogP contribution in [0.3, 0.4) is 0 Å². The van der Waals surface area contributed by atoms with E-state index in [1.807, 2.05) is 12.1 Å². The van der Waals surface area contributed by atoms with E-state index in [0.29, 0.717) is 0 Å². The average Bonchev–Trinajstić information content (AvgIpc) is 3.04. The van der Waals surface area contributed by atoms with Gasteiger partial charge in [-0.1, -0.05) is 18.6 Å². The van der Waals surface area contributed by atoms with Gasteiger partial charge in [-0.05, 0) is 49.9 Å². The predicted octanol–water partition coefficient (Wildman–Crippen LogP) is 2.50. The van der Waals surface area contributed by atoms with Crippen LogP contribution in [0.1, 0.15) is 43.7 Å². The third kappa shape index (κ3) is 3.05. The number of carbonyl (C=O) groups is 1. The molecule has 2 atom stereocenters. The molecule has 0 bridgehead atoms. The van der Waals surface area contributed by atoms with E-state index in [-0.39, 0.29) is 18.0 Å². The fourth-order valence-electron chi connectivity index (χ4n) is 3.49. The van der Waals surface area contributed by atoms with Gasteiger partial charge in [0.25, 0.3) is 0 Å². The molecule has 1 amide bonds. The van der Waals surface area contributed by atoms with E-state index in [1.54, 1.807) is 7.11 Å². The molecule has 114 valence electrons. The molecule has 2 fully saturated rings. The number of benzene rings is 1. The van der Waals surface area contributed by atoms with Gasteiger partial charge in [0.1, 0.15) is 5.75 Å². The molecular weight excluding hydrogens is 264 g/mol. The molecule has 4 heteroatoms. The largest absolute Gasteiger partial charge is 0.497 e. The zero-order chi connectivity index (χ0) is 14.7. The van der Waals surface area contributed by atoms with Crippen LogP contribution in [-0.2, 0) is 4.79 Å². The monoisotopic (exact) mass is 288 g/mol. The summed E-state index contributed by atoms with van der Waals surface area (Å²) in [6, 6.07) is 8.35. The van der Waals surface area contributed by atoms with Crippen LogP contribution in [0.5, 0.6) is 5.75 Å². The van der Waals surface area contributed by atoms with Crippen molar-refractivity contribution in [2.24, 2.45) is 0 Å². The van der Waals surface area contributed by atoms with Crippen molar-refractivity contribution in [3.8, 4) is 5.75 Å². The van der Waals surface area contributed by atoms with Gasteiger partial charge >= 0.3 is 0 Å². The second kappa shape index (κ2) is 6.48. The van der Waals surface area contributed by atoms with E-state index >= 15 is 0 Å². The molecule has 2 aliphatic heterocycles. The van der Waals surface area contributed by atoms with E-state index in [1.165, 1.54) is 12.0 Å². The number of nitrogens with one attached hydrogen (secondary N) is 1. The fraction of sp³-hybridized carbons (Fsp3) is 0.588. The van der Waals surface area contributed by atoms with Crippen molar-refractivity contribution in [1.29, 1.82) is 0 Å². The molecule has 0 radical (unpaired) electrons. The molecule has 21 heavy (non-hydrogen) atoms. The zero-order valence-corrected chi connectivity index (χ0v) is 12.7. The number of hydrogen-bond acceptors (Lipinski definition) is 3. The summed E-state index contributed by atoms with van der Waals surface area (Å²) in [4.78, 5) is 14.8. The zero-order valence-electron chi connectivity index (χ0n) is 12.7. The third-order valence-electron chi connectivity index (χ3n) is 4.62. The van der Waals surface area contributed by atoms with Gasteiger partial charge < -0.3 is 15.0 Å². The normalized spacial score (nSPS) is 25.9. The van der Waals surface area contributed by atoms with Crippen LogP contribution < -0.4 is 10.1 Å². The Morgan fingerprint density at radius 3 is 2.95 bits per heavy atom. The number of amides is 1. The minimum absolute atomic E-state index is 0.0185. The molecule has 4 nitrogen and oxygen atoms in total. The van der Waals surface area contributed by atoms with Gasteiger partial charge in [-0.3, -0.25) is 4.79 Å². The number of carbonyl (C=O) groups excluding carboxylic acids is 1. The Morgan fingerprint density at radius 1 is 1.29 bits per heavy atom. The Hall–Kier alpha value is -1.55. The predicted molar refractivity (Wildman–Crippen MR) is 82.3 cm³/mol. The van der Waals surface area contributed by atoms with Gasteiger partial charge in [-0.15, -0.1) is 0 Å². The second-order valence-electron chi connectivity index (χ2n) is 5.97. The van der Waals surface area contributed by atoms with Crippen molar-refractivity contribution in [3.63, 3.8) is 0 Å². The Kier molecular flexibility index (Phi) is 4.44. The number of hydrogen-bond donors (Lipinski definition) is 1. The van der Waals surface area contributed by atoms with Crippen LogP contribution in [0.2, 0.25) is 0 Å². The van der Waals surface area contributed by atoms with Crippen LogP contribution >= 0.6 is 0 Å². The molecular formula is C17H24N2O2. The minimum Gasteiger partial charge on any atom is -0.497 e. The maximum atomic E-state index is 12.8. The van der Waals surface area contributed by atoms with Crippen molar-refractivity contribution in [2.75, 3.05) is 20.2 Å². The molecule has 1 aromatic carbocycles. The highest BCUT2D eigenvalue weighted by molar-refractivity contribution is 5.82. The summed E-state index contributed by atoms with van der Waals surface area (Å²) in [5, 5.41) is 3.37. The lowest BCUT2D eigenvalue weighted by Gasteiger charge is -2.31. The van der Waals surface area contributed by atoms with Gasteiger partial charge in [-0.2, -0.15) is 0 Å². The van der Waals surface area contributed by atoms with Crippen molar-refractivity contribution in [3.05, 3.63) is 29.8 Å². The first-order valence-corrected chi connectivity index (χ1v) is 7.97. The maximum Gasteiger partial charge on any atom is 0.240 e. The first-order valence-electron chi connectivity index (χ1n) is 7.97. The molecule has 0 saturated carbocycles. The number of rotatable bonds is 3. The summed E-state index contributed by atoms with van der Waals surface area (Å²) in [5.41, 5.74) is 1.19. The molecule has 1 aromatic rings. The molecule has 1 unspecified atom stereocenters. The fourth-order valence-corrected chi connectivity index (χ4v) is 3.49. The van der Waals surface area contributed by atoms with E-state index in [4.69, 9.17) is 4.74 Å². The van der Waals surface area contributed by atoms with Crippen LogP contribution in [0, 0.1) is 0 Å². The van der Waals surface area contributed by atoms with Gasteiger partial charge in [0.15, 0.2) is 0 Å². The van der Waals surface area contributed by atoms with E-state index in [0.717, 1.165) is 44.5 Å². The Bertz CT molecular complexity index is 497. The van der Waals surface area contributed by atoms with Gasteiger partial charge in [0.05, 0.1) is 19.2 Å². The molecule has 0 aromatic heterocycles. The Morgan fingerprint density at radius 2 is 2.19 bits per heavy atom. The standard InChI is InChI=1S/C17H24N2O2/c1-21-14-7-4-6-13(12-14)16-9-5-11-19(16)17(20)15-8-2-3-10-18-15/h4,6-7,12,15-16,18H,2-3,5,8-11H2,1H3/t15-,16?/m0/s1. The van der Waals surface area contributed by atoms with Crippen molar-refractivity contribution >= 4 is 5.91 Å². The SMILES string of the molecule is COc1cccc(C2CCCN2C(=O)[C@@H]2CCCCN2)c1. The smallest absolute Gasteiger partial charge is 0.240 e.